The van der Waals surface area contributed by atoms with Crippen LogP contribution in [0.5, 0.6) is 0 Å². The topological polar surface area (TPSA) is 79.3 Å². The first kappa shape index (κ1) is 13.5. The fourth-order valence-electron chi connectivity index (χ4n) is 2.12. The number of carbonyl (C=O) groups excluding carboxylic acids is 1. The minimum absolute atomic E-state index is 0.104. The van der Waals surface area contributed by atoms with Crippen LogP contribution in [0.2, 0.25) is 0 Å². The molecular formula is C14H18N2O3. The number of rotatable bonds is 2. The number of hydrogen-bond acceptors (Lipinski definition) is 3. The highest BCUT2D eigenvalue weighted by atomic mass is 16.4. The van der Waals surface area contributed by atoms with Crippen molar-refractivity contribution in [1.82, 2.24) is 4.98 Å². The summed E-state index contributed by atoms with van der Waals surface area (Å²) in [5.74, 6) is -0.889. The number of carbonyl (C=O) groups is 2. The van der Waals surface area contributed by atoms with Crippen LogP contribution in [0.1, 0.15) is 44.2 Å². The van der Waals surface area contributed by atoms with Crippen LogP contribution in [0, 0.1) is 5.41 Å². The third-order valence-electron chi connectivity index (χ3n) is 3.32. The van der Waals surface area contributed by atoms with E-state index in [1.165, 1.54) is 0 Å². The van der Waals surface area contributed by atoms with Crippen molar-refractivity contribution in [2.24, 2.45) is 5.41 Å². The van der Waals surface area contributed by atoms with E-state index < -0.39 is 17.3 Å². The van der Waals surface area contributed by atoms with E-state index in [2.05, 4.69) is 10.3 Å². The second-order valence-electron chi connectivity index (χ2n) is 5.90. The molecule has 1 aliphatic carbocycles. The number of aryl methyl sites for hydroxylation is 1. The zero-order chi connectivity index (χ0) is 14.2. The van der Waals surface area contributed by atoms with Crippen LogP contribution in [0.15, 0.2) is 12.3 Å². The Bertz CT molecular complexity index is 532. The number of amides is 1. The van der Waals surface area contributed by atoms with E-state index >= 15 is 0 Å². The molecule has 1 aromatic rings. The van der Waals surface area contributed by atoms with Gasteiger partial charge in [0, 0.05) is 11.6 Å². The van der Waals surface area contributed by atoms with Gasteiger partial charge in [-0.25, -0.2) is 4.98 Å². The summed E-state index contributed by atoms with van der Waals surface area (Å²) in [5.41, 5.74) is 1.25. The van der Waals surface area contributed by atoms with E-state index in [4.69, 9.17) is 5.11 Å². The van der Waals surface area contributed by atoms with Gasteiger partial charge in [-0.15, -0.1) is 0 Å². The molecule has 0 fully saturated rings. The molecular weight excluding hydrogens is 244 g/mol. The van der Waals surface area contributed by atoms with Crippen molar-refractivity contribution in [2.45, 2.75) is 39.5 Å². The van der Waals surface area contributed by atoms with Gasteiger partial charge in [0.25, 0.3) is 0 Å². The number of anilines is 1. The minimum atomic E-state index is -0.813. The maximum absolute atomic E-state index is 11.9. The molecule has 0 aliphatic heterocycles. The molecule has 102 valence electrons. The lowest BCUT2D eigenvalue weighted by Crippen LogP contribution is -2.28. The van der Waals surface area contributed by atoms with Gasteiger partial charge in [-0.05, 0) is 30.0 Å². The SMILES string of the molecule is CC(C)(C)C(=O)Nc1cc2c(cn1)C(C(=O)O)CC2. The number of aliphatic carboxylic acids is 1. The summed E-state index contributed by atoms with van der Waals surface area (Å²) in [6.45, 7) is 5.49. The average molecular weight is 262 g/mol. The van der Waals surface area contributed by atoms with Gasteiger partial charge < -0.3 is 10.4 Å². The molecule has 2 N–H and O–H groups in total. The second-order valence-corrected chi connectivity index (χ2v) is 5.90. The first-order chi connectivity index (χ1) is 8.79. The standard InChI is InChI=1S/C14H18N2O3/c1-14(2,3)13(19)16-11-6-8-4-5-9(12(17)18)10(8)7-15-11/h6-7,9H,4-5H2,1-3H3,(H,17,18)(H,15,16,19). The molecule has 0 saturated carbocycles. The molecule has 19 heavy (non-hydrogen) atoms. The Labute approximate surface area is 112 Å². The number of aromatic nitrogens is 1. The van der Waals surface area contributed by atoms with Crippen LogP contribution in [-0.4, -0.2) is 22.0 Å². The smallest absolute Gasteiger partial charge is 0.311 e. The van der Waals surface area contributed by atoms with Crippen molar-refractivity contribution >= 4 is 17.7 Å². The monoisotopic (exact) mass is 262 g/mol. The Morgan fingerprint density at radius 2 is 2.11 bits per heavy atom. The first-order valence-electron chi connectivity index (χ1n) is 6.32. The Morgan fingerprint density at radius 3 is 2.68 bits per heavy atom. The van der Waals surface area contributed by atoms with E-state index in [1.807, 2.05) is 20.8 Å². The van der Waals surface area contributed by atoms with Gasteiger partial charge in [-0.2, -0.15) is 0 Å². The van der Waals surface area contributed by atoms with Gasteiger partial charge in [0.05, 0.1) is 5.92 Å². The highest BCUT2D eigenvalue weighted by Gasteiger charge is 2.29. The second kappa shape index (κ2) is 4.64. The van der Waals surface area contributed by atoms with Crippen molar-refractivity contribution in [3.05, 3.63) is 23.4 Å². The van der Waals surface area contributed by atoms with Crippen molar-refractivity contribution < 1.29 is 14.7 Å². The van der Waals surface area contributed by atoms with Crippen LogP contribution in [0.3, 0.4) is 0 Å². The van der Waals surface area contributed by atoms with E-state index in [0.717, 1.165) is 11.1 Å². The summed E-state index contributed by atoms with van der Waals surface area (Å²) in [6.07, 6.45) is 2.88. The molecule has 1 unspecified atom stereocenters. The quantitative estimate of drug-likeness (QED) is 0.856. The average Bonchev–Trinajstić information content (AvgIpc) is 2.70. The van der Waals surface area contributed by atoms with E-state index in [1.54, 1.807) is 12.3 Å². The molecule has 5 heteroatoms. The van der Waals surface area contributed by atoms with E-state index in [-0.39, 0.29) is 5.91 Å². The molecule has 1 aromatic heterocycles. The fraction of sp³-hybridized carbons (Fsp3) is 0.500. The molecule has 0 bridgehead atoms. The normalized spacial score (nSPS) is 17.9. The summed E-state index contributed by atoms with van der Waals surface area (Å²) in [5, 5.41) is 11.8. The number of carboxylic acid groups (broad SMARTS) is 1. The number of fused-ring (bicyclic) bond motifs is 1. The molecule has 1 amide bonds. The summed E-state index contributed by atoms with van der Waals surface area (Å²) in [4.78, 5) is 27.1. The number of nitrogens with zero attached hydrogens (tertiary/aromatic N) is 1. The van der Waals surface area contributed by atoms with Gasteiger partial charge in [0.2, 0.25) is 5.91 Å². The van der Waals surface area contributed by atoms with Gasteiger partial charge in [-0.1, -0.05) is 20.8 Å². The van der Waals surface area contributed by atoms with Gasteiger partial charge in [-0.3, -0.25) is 9.59 Å². The van der Waals surface area contributed by atoms with Crippen molar-refractivity contribution in [1.29, 1.82) is 0 Å². The molecule has 1 atom stereocenters. The Hall–Kier alpha value is -1.91. The lowest BCUT2D eigenvalue weighted by atomic mass is 9.96. The first-order valence-corrected chi connectivity index (χ1v) is 6.32. The molecule has 1 aliphatic rings. The number of nitrogens with one attached hydrogen (secondary N) is 1. The lowest BCUT2D eigenvalue weighted by Gasteiger charge is -2.17. The molecule has 0 spiro atoms. The Kier molecular flexibility index (Phi) is 3.30. The van der Waals surface area contributed by atoms with Crippen LogP contribution in [-0.2, 0) is 16.0 Å². The Morgan fingerprint density at radius 1 is 1.42 bits per heavy atom. The summed E-state index contributed by atoms with van der Waals surface area (Å²) >= 11 is 0. The van der Waals surface area contributed by atoms with Crippen LogP contribution >= 0.6 is 0 Å². The maximum atomic E-state index is 11.9. The highest BCUT2D eigenvalue weighted by molar-refractivity contribution is 5.93. The highest BCUT2D eigenvalue weighted by Crippen LogP contribution is 2.33. The predicted octanol–water partition coefficient (Wildman–Crippen LogP) is 2.18. The predicted molar refractivity (Wildman–Crippen MR) is 71.0 cm³/mol. The number of carboxylic acids is 1. The van der Waals surface area contributed by atoms with E-state index in [9.17, 15) is 9.59 Å². The molecule has 2 rings (SSSR count). The summed E-state index contributed by atoms with van der Waals surface area (Å²) in [7, 11) is 0. The van der Waals surface area contributed by atoms with Crippen LogP contribution in [0.25, 0.3) is 0 Å². The van der Waals surface area contributed by atoms with Gasteiger partial charge >= 0.3 is 5.97 Å². The number of pyridine rings is 1. The molecule has 1 heterocycles. The maximum Gasteiger partial charge on any atom is 0.311 e. The summed E-state index contributed by atoms with van der Waals surface area (Å²) in [6, 6.07) is 1.78. The molecule has 0 radical (unpaired) electrons. The molecule has 0 aromatic carbocycles. The minimum Gasteiger partial charge on any atom is -0.481 e. The van der Waals surface area contributed by atoms with Gasteiger partial charge in [0.1, 0.15) is 5.82 Å². The molecule has 0 saturated heterocycles. The van der Waals surface area contributed by atoms with Crippen LogP contribution in [0.4, 0.5) is 5.82 Å². The summed E-state index contributed by atoms with van der Waals surface area (Å²) < 4.78 is 0. The zero-order valence-electron chi connectivity index (χ0n) is 11.4. The third-order valence-corrected chi connectivity index (χ3v) is 3.32. The van der Waals surface area contributed by atoms with Crippen molar-refractivity contribution in [2.75, 3.05) is 5.32 Å². The largest absolute Gasteiger partial charge is 0.481 e. The molecule has 5 nitrogen and oxygen atoms in total. The lowest BCUT2D eigenvalue weighted by molar-refractivity contribution is -0.138. The Balaban J connectivity index is 2.20. The third kappa shape index (κ3) is 2.75. The van der Waals surface area contributed by atoms with Gasteiger partial charge in [0.15, 0.2) is 0 Å². The van der Waals surface area contributed by atoms with Crippen molar-refractivity contribution in [3.8, 4) is 0 Å². The zero-order valence-corrected chi connectivity index (χ0v) is 11.4. The van der Waals surface area contributed by atoms with Crippen LogP contribution < -0.4 is 5.32 Å². The fourth-order valence-corrected chi connectivity index (χ4v) is 2.12. The number of hydrogen-bond donors (Lipinski definition) is 2. The van der Waals surface area contributed by atoms with E-state index in [0.29, 0.717) is 18.7 Å². The van der Waals surface area contributed by atoms with Crippen molar-refractivity contribution in [3.63, 3.8) is 0 Å².